The molecule has 0 bridgehead atoms. The Bertz CT molecular complexity index is 1110. The summed E-state index contributed by atoms with van der Waals surface area (Å²) in [5, 5.41) is 8.81. The number of aromatic nitrogens is 3. The number of hydrogen-bond acceptors (Lipinski definition) is 6. The number of amides is 1. The van der Waals surface area contributed by atoms with Gasteiger partial charge in [-0.05, 0) is 24.3 Å². The summed E-state index contributed by atoms with van der Waals surface area (Å²) in [5.41, 5.74) is 3.01. The molecule has 140 valence electrons. The molecule has 28 heavy (non-hydrogen) atoms. The van der Waals surface area contributed by atoms with E-state index >= 15 is 0 Å². The van der Waals surface area contributed by atoms with Gasteiger partial charge in [0.1, 0.15) is 5.01 Å². The average Bonchev–Trinajstić information content (AvgIpc) is 3.32. The number of thiazole rings is 2. The molecule has 0 aliphatic heterocycles. The van der Waals surface area contributed by atoms with Crippen LogP contribution in [0.15, 0.2) is 53.5 Å². The zero-order chi connectivity index (χ0) is 19.5. The van der Waals surface area contributed by atoms with Gasteiger partial charge in [-0.1, -0.05) is 29.3 Å². The summed E-state index contributed by atoms with van der Waals surface area (Å²) in [5.74, 6) is -0.186. The van der Waals surface area contributed by atoms with E-state index in [1.54, 1.807) is 30.6 Å². The van der Waals surface area contributed by atoms with Gasteiger partial charge in [0.15, 0.2) is 5.13 Å². The van der Waals surface area contributed by atoms with Crippen molar-refractivity contribution in [3.8, 4) is 21.8 Å². The van der Waals surface area contributed by atoms with E-state index in [4.69, 9.17) is 23.2 Å². The maximum Gasteiger partial charge on any atom is 0.232 e. The van der Waals surface area contributed by atoms with Gasteiger partial charge in [-0.3, -0.25) is 9.78 Å². The highest BCUT2D eigenvalue weighted by molar-refractivity contribution is 7.14. The van der Waals surface area contributed by atoms with Crippen LogP contribution in [0.4, 0.5) is 5.13 Å². The van der Waals surface area contributed by atoms with E-state index in [1.165, 1.54) is 22.7 Å². The molecule has 0 aliphatic rings. The number of hydrogen-bond donors (Lipinski definition) is 1. The lowest BCUT2D eigenvalue weighted by molar-refractivity contribution is -0.115. The monoisotopic (exact) mass is 446 g/mol. The lowest BCUT2D eigenvalue weighted by Crippen LogP contribution is -2.14. The number of nitrogens with one attached hydrogen (secondary N) is 1. The molecule has 1 N–H and O–H groups in total. The molecule has 3 aromatic heterocycles. The van der Waals surface area contributed by atoms with Crippen LogP contribution in [-0.4, -0.2) is 20.9 Å². The Kier molecular flexibility index (Phi) is 5.68. The fourth-order valence-corrected chi connectivity index (χ4v) is 4.83. The van der Waals surface area contributed by atoms with Gasteiger partial charge in [-0.25, -0.2) is 9.97 Å². The minimum absolute atomic E-state index is 0.139. The highest BCUT2D eigenvalue weighted by Gasteiger charge is 2.15. The molecule has 4 aromatic rings. The highest BCUT2D eigenvalue weighted by Crippen LogP contribution is 2.36. The molecule has 0 unspecified atom stereocenters. The van der Waals surface area contributed by atoms with Crippen molar-refractivity contribution in [3.05, 3.63) is 69.2 Å². The van der Waals surface area contributed by atoms with Crippen LogP contribution in [0.3, 0.4) is 0 Å². The summed E-state index contributed by atoms with van der Waals surface area (Å²) in [6.45, 7) is 0. The zero-order valence-electron chi connectivity index (χ0n) is 14.2. The van der Waals surface area contributed by atoms with Gasteiger partial charge in [0.2, 0.25) is 5.91 Å². The lowest BCUT2D eigenvalue weighted by atomic mass is 10.2. The van der Waals surface area contributed by atoms with Crippen LogP contribution < -0.4 is 5.32 Å². The van der Waals surface area contributed by atoms with Crippen LogP contribution >= 0.6 is 45.9 Å². The summed E-state index contributed by atoms with van der Waals surface area (Å²) in [4.78, 5) is 25.4. The Morgan fingerprint density at radius 1 is 1.04 bits per heavy atom. The minimum Gasteiger partial charge on any atom is -0.302 e. The second-order valence-corrected chi connectivity index (χ2v) is 8.28. The first-order valence-corrected chi connectivity index (χ1v) is 10.7. The Morgan fingerprint density at radius 2 is 1.86 bits per heavy atom. The molecular formula is C19H12Cl2N4OS2. The third kappa shape index (κ3) is 4.23. The number of pyridine rings is 1. The predicted octanol–water partition coefficient (Wildman–Crippen LogP) is 5.82. The van der Waals surface area contributed by atoms with Crippen molar-refractivity contribution < 1.29 is 4.79 Å². The quantitative estimate of drug-likeness (QED) is 0.419. The fraction of sp³-hybridized carbons (Fsp3) is 0.0526. The van der Waals surface area contributed by atoms with Crippen LogP contribution in [0.1, 0.15) is 5.69 Å². The number of anilines is 1. The molecule has 0 fully saturated rings. The first-order chi connectivity index (χ1) is 13.6. The van der Waals surface area contributed by atoms with Crippen LogP contribution in [-0.2, 0) is 11.2 Å². The topological polar surface area (TPSA) is 67.8 Å². The number of carbonyl (C=O) groups is 1. The van der Waals surface area contributed by atoms with E-state index in [0.717, 1.165) is 11.3 Å². The molecule has 4 rings (SSSR count). The van der Waals surface area contributed by atoms with Crippen molar-refractivity contribution in [3.63, 3.8) is 0 Å². The normalized spacial score (nSPS) is 10.8. The van der Waals surface area contributed by atoms with Crippen molar-refractivity contribution in [1.82, 2.24) is 15.0 Å². The molecule has 0 aliphatic carbocycles. The van der Waals surface area contributed by atoms with E-state index < -0.39 is 0 Å². The number of carbonyl (C=O) groups excluding carboxylic acids is 1. The van der Waals surface area contributed by atoms with Crippen molar-refractivity contribution in [2.45, 2.75) is 6.42 Å². The first kappa shape index (κ1) is 19.0. The van der Waals surface area contributed by atoms with Crippen LogP contribution in [0.5, 0.6) is 0 Å². The predicted molar refractivity (Wildman–Crippen MR) is 115 cm³/mol. The third-order valence-corrected chi connectivity index (χ3v) is 6.07. The van der Waals surface area contributed by atoms with E-state index in [0.29, 0.717) is 31.4 Å². The molecule has 1 amide bonds. The van der Waals surface area contributed by atoms with Crippen molar-refractivity contribution in [1.29, 1.82) is 0 Å². The SMILES string of the molecule is O=C(Cc1csc(-c2c(Cl)cccc2Cl)n1)Nc1nc(-c2cccnc2)cs1. The lowest BCUT2D eigenvalue weighted by Gasteiger charge is -2.02. The van der Waals surface area contributed by atoms with Gasteiger partial charge >= 0.3 is 0 Å². The van der Waals surface area contributed by atoms with Crippen LogP contribution in [0.25, 0.3) is 21.8 Å². The standard InChI is InChI=1S/C19H12Cl2N4OS2/c20-13-4-1-5-14(21)17(13)18-23-12(9-27-18)7-16(26)25-19-24-15(10-28-19)11-3-2-6-22-8-11/h1-6,8-10H,7H2,(H,24,25,26). The smallest absolute Gasteiger partial charge is 0.232 e. The molecule has 0 saturated carbocycles. The second kappa shape index (κ2) is 8.36. The summed E-state index contributed by atoms with van der Waals surface area (Å²) in [6.07, 6.45) is 3.58. The molecule has 0 radical (unpaired) electrons. The Labute approximate surface area is 179 Å². The van der Waals surface area contributed by atoms with Gasteiger partial charge in [-0.15, -0.1) is 22.7 Å². The highest BCUT2D eigenvalue weighted by atomic mass is 35.5. The maximum absolute atomic E-state index is 12.4. The van der Waals surface area contributed by atoms with Gasteiger partial charge in [0, 0.05) is 34.3 Å². The summed E-state index contributed by atoms with van der Waals surface area (Å²) in [7, 11) is 0. The van der Waals surface area contributed by atoms with Crippen molar-refractivity contribution in [2.75, 3.05) is 5.32 Å². The van der Waals surface area contributed by atoms with Crippen molar-refractivity contribution >= 4 is 56.9 Å². The summed E-state index contributed by atoms with van der Waals surface area (Å²) < 4.78 is 0. The van der Waals surface area contributed by atoms with Gasteiger partial charge in [0.25, 0.3) is 0 Å². The molecular weight excluding hydrogens is 435 g/mol. The third-order valence-electron chi connectivity index (χ3n) is 3.78. The molecule has 9 heteroatoms. The first-order valence-electron chi connectivity index (χ1n) is 8.15. The number of benzene rings is 1. The van der Waals surface area contributed by atoms with E-state index in [2.05, 4.69) is 20.3 Å². The maximum atomic E-state index is 12.4. The van der Waals surface area contributed by atoms with Crippen LogP contribution in [0, 0.1) is 0 Å². The van der Waals surface area contributed by atoms with Gasteiger partial charge < -0.3 is 5.32 Å². The van der Waals surface area contributed by atoms with E-state index in [9.17, 15) is 4.79 Å². The summed E-state index contributed by atoms with van der Waals surface area (Å²) >= 11 is 15.2. The molecule has 3 heterocycles. The van der Waals surface area contributed by atoms with Crippen molar-refractivity contribution in [2.24, 2.45) is 0 Å². The largest absolute Gasteiger partial charge is 0.302 e. The Morgan fingerprint density at radius 3 is 2.61 bits per heavy atom. The van der Waals surface area contributed by atoms with Gasteiger partial charge in [-0.2, -0.15) is 0 Å². The Balaban J connectivity index is 1.44. The summed E-state index contributed by atoms with van der Waals surface area (Å²) in [6, 6.07) is 9.07. The molecule has 5 nitrogen and oxygen atoms in total. The minimum atomic E-state index is -0.186. The van der Waals surface area contributed by atoms with E-state index in [-0.39, 0.29) is 12.3 Å². The number of rotatable bonds is 5. The van der Waals surface area contributed by atoms with Crippen LogP contribution in [0.2, 0.25) is 10.0 Å². The van der Waals surface area contributed by atoms with Gasteiger partial charge in [0.05, 0.1) is 27.9 Å². The zero-order valence-corrected chi connectivity index (χ0v) is 17.4. The average molecular weight is 447 g/mol. The second-order valence-electron chi connectivity index (χ2n) is 5.75. The Hall–Kier alpha value is -2.32. The molecule has 0 atom stereocenters. The number of halogens is 2. The molecule has 1 aromatic carbocycles. The van der Waals surface area contributed by atoms with E-state index in [1.807, 2.05) is 22.9 Å². The number of nitrogens with zero attached hydrogens (tertiary/aromatic N) is 3. The molecule has 0 saturated heterocycles. The fourth-order valence-electron chi connectivity index (χ4n) is 2.51. The molecule has 0 spiro atoms.